The van der Waals surface area contributed by atoms with E-state index in [2.05, 4.69) is 10.6 Å². The summed E-state index contributed by atoms with van der Waals surface area (Å²) in [5.74, 6) is -4.65. The zero-order valence-electron chi connectivity index (χ0n) is 21.1. The van der Waals surface area contributed by atoms with Crippen LogP contribution in [0.3, 0.4) is 0 Å². The lowest BCUT2D eigenvalue weighted by molar-refractivity contribution is -0.176. The Hall–Kier alpha value is -2.84. The second kappa shape index (κ2) is 10.1. The van der Waals surface area contributed by atoms with Gasteiger partial charge in [-0.25, -0.2) is 0 Å². The normalized spacial score (nSPS) is 30.5. The van der Waals surface area contributed by atoms with E-state index in [1.165, 1.54) is 4.90 Å². The maximum absolute atomic E-state index is 13.7. The van der Waals surface area contributed by atoms with Gasteiger partial charge in [0.2, 0.25) is 17.7 Å². The highest BCUT2D eigenvalue weighted by atomic mass is 19.4. The van der Waals surface area contributed by atoms with Gasteiger partial charge in [0.25, 0.3) is 0 Å². The Balaban J connectivity index is 1.53. The van der Waals surface area contributed by atoms with Gasteiger partial charge in [0.15, 0.2) is 0 Å². The van der Waals surface area contributed by atoms with Crippen LogP contribution in [-0.2, 0) is 19.2 Å². The smallest absolute Gasteiger partial charge is 0.356 e. The van der Waals surface area contributed by atoms with Gasteiger partial charge in [-0.15, -0.1) is 0 Å². The molecule has 2 heterocycles. The molecule has 4 amide bonds. The number of fused-ring (bicyclic) bond motifs is 1. The minimum atomic E-state index is -5.13. The maximum atomic E-state index is 13.7. The number of piperidine rings is 1. The van der Waals surface area contributed by atoms with Crippen molar-refractivity contribution in [1.82, 2.24) is 20.9 Å². The molecule has 0 aromatic carbocycles. The Kier molecular flexibility index (Phi) is 7.45. The molecule has 0 aromatic heterocycles. The molecule has 2 saturated heterocycles. The number of carbonyl (C=O) groups excluding carboxylic acids is 4. The number of hydrogen-bond acceptors (Lipinski definition) is 5. The van der Waals surface area contributed by atoms with Crippen LogP contribution in [0.25, 0.3) is 0 Å². The van der Waals surface area contributed by atoms with Crippen molar-refractivity contribution >= 4 is 23.6 Å². The SMILES string of the molecule is CC1(C)C2CN(C(=O)C(NC(=O)C(F)(F)F)C3CCCCC3)C(C(=O)NC(C#N)CC3CCNC3=O)C21. The Bertz CT molecular complexity index is 988. The van der Waals surface area contributed by atoms with E-state index < -0.39 is 53.9 Å². The topological polar surface area (TPSA) is 131 Å². The number of nitriles is 1. The Morgan fingerprint density at radius 3 is 2.41 bits per heavy atom. The lowest BCUT2D eigenvalue weighted by atomic mass is 9.83. The fourth-order valence-electron chi connectivity index (χ4n) is 6.62. The summed E-state index contributed by atoms with van der Waals surface area (Å²) in [5, 5.41) is 16.9. The molecule has 0 bridgehead atoms. The number of hydrogen-bond donors (Lipinski definition) is 3. The number of amides is 4. The highest BCUT2D eigenvalue weighted by molar-refractivity contribution is 5.94. The number of nitrogens with one attached hydrogen (secondary N) is 3. The Morgan fingerprint density at radius 2 is 1.84 bits per heavy atom. The molecule has 3 N–H and O–H groups in total. The second-order valence-electron chi connectivity index (χ2n) is 11.4. The third kappa shape index (κ3) is 5.41. The Morgan fingerprint density at radius 1 is 1.16 bits per heavy atom. The third-order valence-electron chi connectivity index (χ3n) is 8.85. The molecule has 204 valence electrons. The number of halogens is 3. The first-order valence-corrected chi connectivity index (χ1v) is 13.0. The number of carbonyl (C=O) groups is 4. The molecule has 4 fully saturated rings. The van der Waals surface area contributed by atoms with Gasteiger partial charge in [0, 0.05) is 19.0 Å². The first-order chi connectivity index (χ1) is 17.4. The predicted molar refractivity (Wildman–Crippen MR) is 124 cm³/mol. The third-order valence-corrected chi connectivity index (χ3v) is 8.85. The Labute approximate surface area is 213 Å². The molecule has 37 heavy (non-hydrogen) atoms. The first kappa shape index (κ1) is 27.2. The first-order valence-electron chi connectivity index (χ1n) is 13.0. The van der Waals surface area contributed by atoms with Gasteiger partial charge in [-0.3, -0.25) is 19.2 Å². The van der Waals surface area contributed by atoms with Gasteiger partial charge >= 0.3 is 12.1 Å². The predicted octanol–water partition coefficient (Wildman–Crippen LogP) is 1.63. The number of rotatable bonds is 7. The molecule has 0 radical (unpaired) electrons. The standard InChI is InChI=1S/C25H34F3N5O4/c1-24(2)16-12-33(22(36)18(13-6-4-3-5-7-13)32-23(37)25(26,27)28)19(17(16)24)21(35)31-15(11-29)10-14-8-9-30-20(14)34/h13-19H,3-10,12H2,1-2H3,(H,30,34)(H,31,35)(H,32,37). The van der Waals surface area contributed by atoms with Crippen LogP contribution < -0.4 is 16.0 Å². The minimum absolute atomic E-state index is 0.0151. The molecule has 4 rings (SSSR count). The van der Waals surface area contributed by atoms with Gasteiger partial charge in [-0.1, -0.05) is 33.1 Å². The molecule has 9 nitrogen and oxygen atoms in total. The van der Waals surface area contributed by atoms with Crippen molar-refractivity contribution < 1.29 is 32.3 Å². The van der Waals surface area contributed by atoms with Crippen LogP contribution in [0.2, 0.25) is 0 Å². The van der Waals surface area contributed by atoms with E-state index in [9.17, 15) is 37.6 Å². The zero-order chi connectivity index (χ0) is 27.1. The van der Waals surface area contributed by atoms with Crippen molar-refractivity contribution in [2.24, 2.45) is 29.1 Å². The highest BCUT2D eigenvalue weighted by Gasteiger charge is 2.69. The van der Waals surface area contributed by atoms with Crippen LogP contribution >= 0.6 is 0 Å². The summed E-state index contributed by atoms with van der Waals surface area (Å²) in [4.78, 5) is 52.3. The summed E-state index contributed by atoms with van der Waals surface area (Å²) in [6.07, 6.45) is -1.01. The molecular formula is C25H34F3N5O4. The molecule has 12 heteroatoms. The van der Waals surface area contributed by atoms with Crippen molar-refractivity contribution in [3.05, 3.63) is 0 Å². The van der Waals surface area contributed by atoms with Crippen molar-refractivity contribution in [3.63, 3.8) is 0 Å². The average Bonchev–Trinajstić information content (AvgIpc) is 3.20. The molecule has 0 aromatic rings. The van der Waals surface area contributed by atoms with E-state index in [4.69, 9.17) is 0 Å². The monoisotopic (exact) mass is 525 g/mol. The van der Waals surface area contributed by atoms with Crippen LogP contribution in [0, 0.1) is 40.4 Å². The van der Waals surface area contributed by atoms with Crippen molar-refractivity contribution in [2.45, 2.75) is 83.1 Å². The molecule has 0 spiro atoms. The van der Waals surface area contributed by atoms with E-state index in [0.717, 1.165) is 19.3 Å². The lowest BCUT2D eigenvalue weighted by Crippen LogP contribution is -2.59. The van der Waals surface area contributed by atoms with Gasteiger partial charge in [0.05, 0.1) is 6.07 Å². The van der Waals surface area contributed by atoms with Gasteiger partial charge in [0.1, 0.15) is 18.1 Å². The quantitative estimate of drug-likeness (QED) is 0.465. The summed E-state index contributed by atoms with van der Waals surface area (Å²) in [5.41, 5.74) is -0.248. The summed E-state index contributed by atoms with van der Waals surface area (Å²) in [6, 6.07) is -1.27. The molecule has 2 saturated carbocycles. The van der Waals surface area contributed by atoms with Gasteiger partial charge in [-0.2, -0.15) is 18.4 Å². The summed E-state index contributed by atoms with van der Waals surface area (Å²) >= 11 is 0. The van der Waals surface area contributed by atoms with E-state index >= 15 is 0 Å². The van der Waals surface area contributed by atoms with E-state index in [0.29, 0.717) is 25.8 Å². The molecule has 4 aliphatic rings. The molecule has 6 atom stereocenters. The van der Waals surface area contributed by atoms with Crippen LogP contribution in [0.5, 0.6) is 0 Å². The fraction of sp³-hybridized carbons (Fsp3) is 0.800. The van der Waals surface area contributed by atoms with Crippen LogP contribution in [0.15, 0.2) is 0 Å². The average molecular weight is 526 g/mol. The van der Waals surface area contributed by atoms with Crippen LogP contribution in [0.1, 0.15) is 58.8 Å². The van der Waals surface area contributed by atoms with Crippen LogP contribution in [0.4, 0.5) is 13.2 Å². The molecule has 6 unspecified atom stereocenters. The van der Waals surface area contributed by atoms with E-state index in [-0.39, 0.29) is 36.1 Å². The summed E-state index contributed by atoms with van der Waals surface area (Å²) in [7, 11) is 0. The number of nitrogens with zero attached hydrogens (tertiary/aromatic N) is 2. The van der Waals surface area contributed by atoms with Crippen molar-refractivity contribution in [1.29, 1.82) is 5.26 Å². The number of likely N-dealkylation sites (tertiary alicyclic amines) is 1. The summed E-state index contributed by atoms with van der Waals surface area (Å²) < 4.78 is 39.3. The van der Waals surface area contributed by atoms with E-state index in [1.807, 2.05) is 25.2 Å². The highest BCUT2D eigenvalue weighted by Crippen LogP contribution is 2.65. The molecule has 2 aliphatic heterocycles. The zero-order valence-corrected chi connectivity index (χ0v) is 21.1. The fourth-order valence-corrected chi connectivity index (χ4v) is 6.62. The molecule has 2 aliphatic carbocycles. The number of alkyl halides is 3. The van der Waals surface area contributed by atoms with Crippen LogP contribution in [-0.4, -0.2) is 65.9 Å². The maximum Gasteiger partial charge on any atom is 0.471 e. The van der Waals surface area contributed by atoms with Gasteiger partial charge < -0.3 is 20.9 Å². The molecular weight excluding hydrogens is 491 g/mol. The van der Waals surface area contributed by atoms with E-state index in [1.54, 1.807) is 0 Å². The van der Waals surface area contributed by atoms with Gasteiger partial charge in [-0.05, 0) is 48.9 Å². The van der Waals surface area contributed by atoms with Crippen molar-refractivity contribution in [2.75, 3.05) is 13.1 Å². The lowest BCUT2D eigenvalue weighted by Gasteiger charge is -2.37. The largest absolute Gasteiger partial charge is 0.471 e. The van der Waals surface area contributed by atoms with Crippen molar-refractivity contribution in [3.8, 4) is 6.07 Å². The minimum Gasteiger partial charge on any atom is -0.356 e. The second-order valence-corrected chi connectivity index (χ2v) is 11.4. The summed E-state index contributed by atoms with van der Waals surface area (Å²) in [6.45, 7) is 4.64.